The Morgan fingerprint density at radius 2 is 1.72 bits per heavy atom. The third-order valence-corrected chi connectivity index (χ3v) is 3.47. The molecule has 136 valence electrons. The fraction of sp³-hybridized carbons (Fsp3) is 0.389. The van der Waals surface area contributed by atoms with E-state index in [9.17, 15) is 14.4 Å². The van der Waals surface area contributed by atoms with Crippen LogP contribution < -0.4 is 5.32 Å². The summed E-state index contributed by atoms with van der Waals surface area (Å²) in [7, 11) is 2.39. The number of methoxy groups -OCH3 is 2. The highest BCUT2D eigenvalue weighted by atomic mass is 16.6. The summed E-state index contributed by atoms with van der Waals surface area (Å²) in [6, 6.07) is 7.87. The number of esters is 2. The van der Waals surface area contributed by atoms with Crippen molar-refractivity contribution in [1.82, 2.24) is 5.32 Å². The number of amides is 1. The monoisotopic (exact) mass is 349 g/mol. The quantitative estimate of drug-likeness (QED) is 0.440. The van der Waals surface area contributed by atoms with Crippen molar-refractivity contribution in [3.63, 3.8) is 0 Å². The van der Waals surface area contributed by atoms with Crippen LogP contribution in [-0.2, 0) is 30.4 Å². The number of alkyl carbamates (subject to hydrolysis) is 1. The molecule has 0 heterocycles. The van der Waals surface area contributed by atoms with Gasteiger partial charge in [0.1, 0.15) is 12.6 Å². The van der Waals surface area contributed by atoms with Crippen LogP contribution in [0.3, 0.4) is 0 Å². The van der Waals surface area contributed by atoms with Gasteiger partial charge in [-0.05, 0) is 18.9 Å². The van der Waals surface area contributed by atoms with Crippen LogP contribution in [-0.4, -0.2) is 38.3 Å². The molecule has 0 saturated carbocycles. The van der Waals surface area contributed by atoms with Gasteiger partial charge in [-0.25, -0.2) is 9.59 Å². The molecule has 0 radical (unpaired) electrons. The predicted octanol–water partition coefficient (Wildman–Crippen LogP) is 2.21. The van der Waals surface area contributed by atoms with E-state index >= 15 is 0 Å². The number of carbonyl (C=O) groups is 3. The molecular formula is C18H23NO6. The predicted molar refractivity (Wildman–Crippen MR) is 90.5 cm³/mol. The molecule has 1 aromatic rings. The van der Waals surface area contributed by atoms with Crippen molar-refractivity contribution < 1.29 is 28.6 Å². The lowest BCUT2D eigenvalue weighted by molar-refractivity contribution is -0.154. The summed E-state index contributed by atoms with van der Waals surface area (Å²) in [6.07, 6.45) is 2.82. The first-order valence-corrected chi connectivity index (χ1v) is 7.77. The SMILES string of the molecule is C/C=C/C[C@@H](C(=O)OC)[C@H](NC(=O)OCc1ccccc1)C(=O)OC. The molecule has 0 spiro atoms. The summed E-state index contributed by atoms with van der Waals surface area (Å²) in [5.41, 5.74) is 0.797. The molecule has 1 amide bonds. The fourth-order valence-electron chi connectivity index (χ4n) is 2.14. The third-order valence-electron chi connectivity index (χ3n) is 3.47. The number of carbonyl (C=O) groups excluding carboxylic acids is 3. The van der Waals surface area contributed by atoms with E-state index in [4.69, 9.17) is 14.2 Å². The van der Waals surface area contributed by atoms with E-state index in [0.29, 0.717) is 0 Å². The van der Waals surface area contributed by atoms with E-state index in [2.05, 4.69) is 5.32 Å². The van der Waals surface area contributed by atoms with E-state index in [-0.39, 0.29) is 13.0 Å². The first kappa shape index (κ1) is 20.2. The van der Waals surface area contributed by atoms with Gasteiger partial charge in [0.2, 0.25) is 0 Å². The average Bonchev–Trinajstić information content (AvgIpc) is 2.65. The maximum Gasteiger partial charge on any atom is 0.408 e. The number of hydrogen-bond acceptors (Lipinski definition) is 6. The molecule has 1 aromatic carbocycles. The van der Waals surface area contributed by atoms with Crippen LogP contribution in [0.1, 0.15) is 18.9 Å². The minimum absolute atomic E-state index is 0.0400. The molecule has 0 fully saturated rings. The van der Waals surface area contributed by atoms with Crippen molar-refractivity contribution in [3.8, 4) is 0 Å². The van der Waals surface area contributed by atoms with Gasteiger partial charge in [-0.15, -0.1) is 0 Å². The van der Waals surface area contributed by atoms with Crippen molar-refractivity contribution in [1.29, 1.82) is 0 Å². The second-order valence-corrected chi connectivity index (χ2v) is 5.14. The second-order valence-electron chi connectivity index (χ2n) is 5.14. The number of rotatable bonds is 8. The summed E-state index contributed by atoms with van der Waals surface area (Å²) in [4.78, 5) is 36.0. The van der Waals surface area contributed by atoms with E-state index in [1.165, 1.54) is 14.2 Å². The van der Waals surface area contributed by atoms with Gasteiger partial charge < -0.3 is 19.5 Å². The van der Waals surface area contributed by atoms with Crippen molar-refractivity contribution in [2.75, 3.05) is 14.2 Å². The maximum atomic E-state index is 12.0. The highest BCUT2D eigenvalue weighted by molar-refractivity contribution is 5.87. The molecule has 0 bridgehead atoms. The van der Waals surface area contributed by atoms with Gasteiger partial charge in [0.05, 0.1) is 20.1 Å². The number of nitrogens with one attached hydrogen (secondary N) is 1. The van der Waals surface area contributed by atoms with Crippen molar-refractivity contribution >= 4 is 18.0 Å². The van der Waals surface area contributed by atoms with E-state index in [1.54, 1.807) is 31.2 Å². The molecule has 1 N–H and O–H groups in total. The Morgan fingerprint density at radius 1 is 1.08 bits per heavy atom. The normalized spacial score (nSPS) is 12.9. The summed E-state index contributed by atoms with van der Waals surface area (Å²) < 4.78 is 14.5. The van der Waals surface area contributed by atoms with Gasteiger partial charge in [-0.3, -0.25) is 4.79 Å². The number of ether oxygens (including phenoxy) is 3. The molecule has 0 aromatic heterocycles. The minimum Gasteiger partial charge on any atom is -0.469 e. The first-order valence-electron chi connectivity index (χ1n) is 7.77. The number of hydrogen-bond donors (Lipinski definition) is 1. The van der Waals surface area contributed by atoms with Crippen molar-refractivity contribution in [2.45, 2.75) is 26.0 Å². The Kier molecular flexibility index (Phi) is 8.78. The van der Waals surface area contributed by atoms with Gasteiger partial charge in [0, 0.05) is 0 Å². The molecule has 0 unspecified atom stereocenters. The van der Waals surface area contributed by atoms with E-state index < -0.39 is 30.0 Å². The third kappa shape index (κ3) is 6.66. The molecule has 0 aliphatic heterocycles. The Labute approximate surface area is 146 Å². The van der Waals surface area contributed by atoms with Crippen LogP contribution in [0, 0.1) is 5.92 Å². The molecule has 25 heavy (non-hydrogen) atoms. The van der Waals surface area contributed by atoms with Crippen LogP contribution in [0.15, 0.2) is 42.5 Å². The molecule has 1 rings (SSSR count). The first-order chi connectivity index (χ1) is 12.0. The lowest BCUT2D eigenvalue weighted by Gasteiger charge is -2.23. The molecular weight excluding hydrogens is 326 g/mol. The molecule has 0 saturated heterocycles. The van der Waals surface area contributed by atoms with E-state index in [1.807, 2.05) is 18.2 Å². The Hall–Kier alpha value is -2.83. The summed E-state index contributed by atoms with van der Waals surface area (Å²) in [5, 5.41) is 2.39. The molecule has 0 aliphatic rings. The summed E-state index contributed by atoms with van der Waals surface area (Å²) in [6.45, 7) is 1.82. The van der Waals surface area contributed by atoms with Crippen LogP contribution in [0.4, 0.5) is 4.79 Å². The van der Waals surface area contributed by atoms with Crippen LogP contribution in [0.25, 0.3) is 0 Å². The second kappa shape index (κ2) is 10.9. The van der Waals surface area contributed by atoms with Gasteiger partial charge in [-0.2, -0.15) is 0 Å². The highest BCUT2D eigenvalue weighted by Crippen LogP contribution is 2.15. The lowest BCUT2D eigenvalue weighted by Crippen LogP contribution is -2.49. The van der Waals surface area contributed by atoms with Crippen molar-refractivity contribution in [2.24, 2.45) is 5.92 Å². The topological polar surface area (TPSA) is 90.9 Å². The van der Waals surface area contributed by atoms with Gasteiger partial charge in [-0.1, -0.05) is 42.5 Å². The zero-order valence-corrected chi connectivity index (χ0v) is 14.6. The van der Waals surface area contributed by atoms with Crippen LogP contribution in [0.5, 0.6) is 0 Å². The minimum atomic E-state index is -1.21. The Morgan fingerprint density at radius 3 is 2.28 bits per heavy atom. The van der Waals surface area contributed by atoms with E-state index in [0.717, 1.165) is 5.56 Å². The van der Waals surface area contributed by atoms with Crippen LogP contribution in [0.2, 0.25) is 0 Å². The standard InChI is InChI=1S/C18H23NO6/c1-4-5-11-14(16(20)23-2)15(17(21)24-3)19-18(22)25-12-13-9-7-6-8-10-13/h4-10,14-15H,11-12H2,1-3H3,(H,19,22)/b5-4+/t14-,15+/m1/s1. The Bertz CT molecular complexity index is 599. The lowest BCUT2D eigenvalue weighted by atomic mass is 9.96. The Balaban J connectivity index is 2.80. The molecule has 7 nitrogen and oxygen atoms in total. The average molecular weight is 349 g/mol. The molecule has 2 atom stereocenters. The number of allylic oxidation sites excluding steroid dienone is 2. The van der Waals surface area contributed by atoms with Crippen LogP contribution >= 0.6 is 0 Å². The highest BCUT2D eigenvalue weighted by Gasteiger charge is 2.36. The zero-order valence-electron chi connectivity index (χ0n) is 14.6. The van der Waals surface area contributed by atoms with Crippen molar-refractivity contribution in [3.05, 3.63) is 48.0 Å². The van der Waals surface area contributed by atoms with Gasteiger partial charge in [0.15, 0.2) is 0 Å². The zero-order chi connectivity index (χ0) is 18.7. The molecule has 7 heteroatoms. The maximum absolute atomic E-state index is 12.0. The van der Waals surface area contributed by atoms with Gasteiger partial charge in [0.25, 0.3) is 0 Å². The van der Waals surface area contributed by atoms with Gasteiger partial charge >= 0.3 is 18.0 Å². The summed E-state index contributed by atoms with van der Waals surface area (Å²) in [5.74, 6) is -2.30. The largest absolute Gasteiger partial charge is 0.469 e. The fourth-order valence-corrected chi connectivity index (χ4v) is 2.14. The number of benzene rings is 1. The molecule has 0 aliphatic carbocycles. The smallest absolute Gasteiger partial charge is 0.408 e. The summed E-state index contributed by atoms with van der Waals surface area (Å²) >= 11 is 0.